The van der Waals surface area contributed by atoms with Crippen LogP contribution in [-0.2, 0) is 20.5 Å². The zero-order chi connectivity index (χ0) is 30.9. The Kier molecular flexibility index (Phi) is 8.21. The first kappa shape index (κ1) is 29.7. The van der Waals surface area contributed by atoms with Gasteiger partial charge in [-0.1, -0.05) is 11.6 Å². The number of hydrogen-bond acceptors (Lipinski definition) is 10. The Labute approximate surface area is 245 Å². The quantitative estimate of drug-likeness (QED) is 0.174. The maximum Gasteiger partial charge on any atom is 0.433 e. The summed E-state index contributed by atoms with van der Waals surface area (Å²) in [6.45, 7) is 1.18. The van der Waals surface area contributed by atoms with Crippen molar-refractivity contribution in [1.29, 1.82) is 0 Å². The second-order valence-electron chi connectivity index (χ2n) is 9.39. The van der Waals surface area contributed by atoms with Gasteiger partial charge in [0, 0.05) is 44.3 Å². The lowest BCUT2D eigenvalue weighted by Crippen LogP contribution is -2.57. The van der Waals surface area contributed by atoms with E-state index in [1.54, 1.807) is 11.0 Å². The zero-order valence-corrected chi connectivity index (χ0v) is 22.9. The molecule has 0 bridgehead atoms. The molecule has 1 fully saturated rings. The van der Waals surface area contributed by atoms with Gasteiger partial charge in [0.15, 0.2) is 17.7 Å². The summed E-state index contributed by atoms with van der Waals surface area (Å²) in [5.74, 6) is -2.71. The van der Waals surface area contributed by atoms with Crippen molar-refractivity contribution in [3.05, 3.63) is 59.3 Å². The van der Waals surface area contributed by atoms with Crippen LogP contribution in [0.15, 0.2) is 43.0 Å². The summed E-state index contributed by atoms with van der Waals surface area (Å²) < 4.78 is 46.9. The van der Waals surface area contributed by atoms with E-state index in [1.807, 2.05) is 5.10 Å². The van der Waals surface area contributed by atoms with Crippen molar-refractivity contribution >= 4 is 46.5 Å². The summed E-state index contributed by atoms with van der Waals surface area (Å²) in [6.07, 6.45) is -0.380. The highest BCUT2D eigenvalue weighted by atomic mass is 35.5. The Morgan fingerprint density at radius 2 is 1.98 bits per heavy atom. The van der Waals surface area contributed by atoms with Crippen molar-refractivity contribution < 1.29 is 32.3 Å². The molecule has 1 unspecified atom stereocenters. The lowest BCUT2D eigenvalue weighted by Gasteiger charge is -2.40. The van der Waals surface area contributed by atoms with Gasteiger partial charge in [0.05, 0.1) is 40.8 Å². The first-order valence-electron chi connectivity index (χ1n) is 12.7. The Bertz CT molecular complexity index is 1690. The fourth-order valence-corrected chi connectivity index (χ4v) is 4.93. The molecule has 6 N–H and O–H groups in total. The molecule has 14 nitrogen and oxygen atoms in total. The number of rotatable bonds is 7. The molecule has 4 aromatic rings. The third kappa shape index (κ3) is 6.08. The molecule has 0 spiro atoms. The van der Waals surface area contributed by atoms with E-state index in [-0.39, 0.29) is 52.9 Å². The Morgan fingerprint density at radius 1 is 1.19 bits per heavy atom. The molecule has 0 aliphatic carbocycles. The predicted octanol–water partition coefficient (Wildman–Crippen LogP) is 1.61. The van der Waals surface area contributed by atoms with Crippen LogP contribution in [0.25, 0.3) is 16.9 Å². The van der Waals surface area contributed by atoms with Gasteiger partial charge in [-0.25, -0.2) is 14.8 Å². The molecule has 226 valence electrons. The number of hydrogen-bond donors (Lipinski definition) is 4. The average molecular weight is 621 g/mol. The number of fused-ring (bicyclic) bond motifs is 1. The minimum atomic E-state index is -4.65. The second-order valence-corrected chi connectivity index (χ2v) is 9.80. The molecule has 1 aromatic carbocycles. The number of primary amides is 1. The van der Waals surface area contributed by atoms with E-state index < -0.39 is 35.9 Å². The highest BCUT2D eigenvalue weighted by Crippen LogP contribution is 2.36. The number of esters is 1. The first-order chi connectivity index (χ1) is 20.5. The number of nitrogens with two attached hydrogens (primary N) is 2. The Morgan fingerprint density at radius 3 is 2.67 bits per heavy atom. The smallest absolute Gasteiger partial charge is 0.433 e. The summed E-state index contributed by atoms with van der Waals surface area (Å²) in [6, 6.07) is 4.54. The van der Waals surface area contributed by atoms with E-state index in [2.05, 4.69) is 20.4 Å². The topological polar surface area (TPSA) is 190 Å². The lowest BCUT2D eigenvalue weighted by molar-refractivity contribution is -0.169. The third-order valence-corrected chi connectivity index (χ3v) is 6.99. The predicted molar refractivity (Wildman–Crippen MR) is 146 cm³/mol. The number of anilines is 2. The molecular weight excluding hydrogens is 597 g/mol. The monoisotopic (exact) mass is 620 g/mol. The van der Waals surface area contributed by atoms with Gasteiger partial charge in [-0.3, -0.25) is 24.0 Å². The number of H-pyrrole nitrogens is 1. The summed E-state index contributed by atoms with van der Waals surface area (Å²) in [5.41, 5.74) is 10.4. The molecule has 0 radical (unpaired) electrons. The normalized spacial score (nSPS) is 15.9. The average Bonchev–Trinajstić information content (AvgIpc) is 3.62. The highest BCUT2D eigenvalue weighted by Gasteiger charge is 2.37. The van der Waals surface area contributed by atoms with Gasteiger partial charge in [-0.2, -0.15) is 18.3 Å². The first-order valence-corrected chi connectivity index (χ1v) is 13.1. The number of aromatic nitrogens is 5. The summed E-state index contributed by atoms with van der Waals surface area (Å²) in [5, 5.41) is 8.63. The SMILES string of the molecule is NCCN1CCN(C(=O)c2ccc(Nc3nccn4c(-c5cn[nH]c5C(F)(F)F)cnc34)cc2Cl)CC1OC(=O)C(N)=O. The number of ether oxygens (including phenoxy) is 1. The van der Waals surface area contributed by atoms with Crippen molar-refractivity contribution in [3.8, 4) is 11.3 Å². The third-order valence-electron chi connectivity index (χ3n) is 6.68. The highest BCUT2D eigenvalue weighted by molar-refractivity contribution is 6.34. The Balaban J connectivity index is 1.35. The number of nitrogens with one attached hydrogen (secondary N) is 2. The number of imidazole rings is 1. The van der Waals surface area contributed by atoms with E-state index in [1.165, 1.54) is 40.0 Å². The Hall–Kier alpha value is -4.74. The van der Waals surface area contributed by atoms with Crippen molar-refractivity contribution in [2.24, 2.45) is 11.5 Å². The number of amides is 2. The van der Waals surface area contributed by atoms with Crippen LogP contribution in [0.5, 0.6) is 0 Å². The molecule has 5 rings (SSSR count). The van der Waals surface area contributed by atoms with Gasteiger partial charge in [0.2, 0.25) is 0 Å². The van der Waals surface area contributed by atoms with Gasteiger partial charge < -0.3 is 26.4 Å². The fraction of sp³-hybridized carbons (Fsp3) is 0.280. The number of piperazine rings is 1. The summed E-state index contributed by atoms with van der Waals surface area (Å²) >= 11 is 6.48. The number of carbonyl (C=O) groups is 3. The minimum Gasteiger partial charge on any atom is -0.437 e. The fourth-order valence-electron chi connectivity index (χ4n) is 4.66. The van der Waals surface area contributed by atoms with Crippen LogP contribution in [0.4, 0.5) is 24.7 Å². The maximum absolute atomic E-state index is 13.4. The molecule has 1 atom stereocenters. The van der Waals surface area contributed by atoms with Crippen LogP contribution < -0.4 is 16.8 Å². The van der Waals surface area contributed by atoms with E-state index in [0.29, 0.717) is 18.8 Å². The second kappa shape index (κ2) is 11.9. The molecule has 18 heteroatoms. The molecular formula is C25H24ClF3N10O4. The van der Waals surface area contributed by atoms with Crippen LogP contribution in [0.1, 0.15) is 16.1 Å². The van der Waals surface area contributed by atoms with Crippen molar-refractivity contribution in [2.75, 3.05) is 38.0 Å². The standard InChI is InChI=1S/C25H24ClF3N10O4/c26-16-9-13(1-2-14(16)23(41)38-8-7-37(5-3-30)18(12-38)43-24(42)20(31)40)35-21-22-33-11-17(39(22)6-4-32-21)15-10-34-36-19(15)25(27,28)29/h1-2,4,6,9-11,18H,3,5,7-8,12,30H2,(H2,31,40)(H,32,35)(H,34,36). The zero-order valence-electron chi connectivity index (χ0n) is 22.1. The lowest BCUT2D eigenvalue weighted by atomic mass is 10.1. The van der Waals surface area contributed by atoms with E-state index in [4.69, 9.17) is 27.8 Å². The number of alkyl halides is 3. The van der Waals surface area contributed by atoms with Crippen LogP contribution in [0, 0.1) is 0 Å². The number of aromatic amines is 1. The largest absolute Gasteiger partial charge is 0.437 e. The minimum absolute atomic E-state index is 0.0466. The molecule has 3 aromatic heterocycles. The molecule has 2 amide bonds. The molecule has 4 heterocycles. The number of nitrogens with zero attached hydrogens (tertiary/aromatic N) is 6. The number of carbonyl (C=O) groups excluding carboxylic acids is 3. The number of benzene rings is 1. The van der Waals surface area contributed by atoms with Gasteiger partial charge in [-0.05, 0) is 18.2 Å². The van der Waals surface area contributed by atoms with Crippen LogP contribution in [-0.4, -0.2) is 91.1 Å². The number of halogens is 4. The van der Waals surface area contributed by atoms with E-state index in [0.717, 1.165) is 6.20 Å². The molecule has 1 aliphatic rings. The van der Waals surface area contributed by atoms with Gasteiger partial charge in [0.25, 0.3) is 5.91 Å². The van der Waals surface area contributed by atoms with Crippen LogP contribution in [0.3, 0.4) is 0 Å². The van der Waals surface area contributed by atoms with Gasteiger partial charge in [0.1, 0.15) is 5.69 Å². The maximum atomic E-state index is 13.4. The summed E-state index contributed by atoms with van der Waals surface area (Å²) in [7, 11) is 0. The van der Waals surface area contributed by atoms with Crippen LogP contribution in [0.2, 0.25) is 5.02 Å². The van der Waals surface area contributed by atoms with E-state index >= 15 is 0 Å². The molecule has 1 aliphatic heterocycles. The van der Waals surface area contributed by atoms with E-state index in [9.17, 15) is 27.6 Å². The molecule has 1 saturated heterocycles. The molecule has 43 heavy (non-hydrogen) atoms. The van der Waals surface area contributed by atoms with Crippen molar-refractivity contribution in [1.82, 2.24) is 34.4 Å². The van der Waals surface area contributed by atoms with Gasteiger partial charge in [-0.15, -0.1) is 0 Å². The molecule has 0 saturated carbocycles. The van der Waals surface area contributed by atoms with Crippen LogP contribution >= 0.6 is 11.6 Å². The van der Waals surface area contributed by atoms with Gasteiger partial charge >= 0.3 is 18.1 Å². The van der Waals surface area contributed by atoms with Crippen molar-refractivity contribution in [3.63, 3.8) is 0 Å². The summed E-state index contributed by atoms with van der Waals surface area (Å²) in [4.78, 5) is 48.0. The van der Waals surface area contributed by atoms with Crippen molar-refractivity contribution in [2.45, 2.75) is 12.4 Å².